The van der Waals surface area contributed by atoms with Crippen molar-refractivity contribution >= 4 is 16.1 Å². The smallest absolute Gasteiger partial charge is 0.296 e. The van der Waals surface area contributed by atoms with Crippen LogP contribution < -0.4 is 4.74 Å². The SMILES string of the molecule is N#CCOc1ccccc1S(=O)(=O)N=C=O. The summed E-state index contributed by atoms with van der Waals surface area (Å²) in [4.78, 5) is 9.69. The van der Waals surface area contributed by atoms with E-state index in [9.17, 15) is 13.2 Å². The zero-order valence-corrected chi connectivity index (χ0v) is 8.77. The molecule has 0 aliphatic rings. The van der Waals surface area contributed by atoms with E-state index in [1.54, 1.807) is 6.07 Å². The Labute approximate surface area is 91.8 Å². The predicted molar refractivity (Wildman–Crippen MR) is 52.9 cm³/mol. The first-order valence-electron chi connectivity index (χ1n) is 4.05. The van der Waals surface area contributed by atoms with Crippen molar-refractivity contribution in [1.29, 1.82) is 5.26 Å². The zero-order valence-electron chi connectivity index (χ0n) is 7.95. The van der Waals surface area contributed by atoms with E-state index in [4.69, 9.17) is 10.00 Å². The molecule has 0 aliphatic heterocycles. The Morgan fingerprint density at radius 3 is 2.69 bits per heavy atom. The molecule has 0 aromatic heterocycles. The molecule has 0 saturated carbocycles. The first kappa shape index (κ1) is 11.9. The molecule has 0 N–H and O–H groups in total. The molecule has 0 spiro atoms. The Hall–Kier alpha value is -2.16. The van der Waals surface area contributed by atoms with Crippen molar-refractivity contribution in [2.24, 2.45) is 4.40 Å². The monoisotopic (exact) mass is 238 g/mol. The van der Waals surface area contributed by atoms with Crippen LogP contribution in [-0.2, 0) is 14.8 Å². The molecule has 1 rings (SSSR count). The van der Waals surface area contributed by atoms with Crippen molar-refractivity contribution in [2.45, 2.75) is 4.90 Å². The van der Waals surface area contributed by atoms with Gasteiger partial charge in [0.05, 0.1) is 0 Å². The maximum atomic E-state index is 11.4. The average Bonchev–Trinajstić information content (AvgIpc) is 2.26. The Balaban J connectivity index is 3.24. The van der Waals surface area contributed by atoms with E-state index in [2.05, 4.69) is 4.40 Å². The van der Waals surface area contributed by atoms with Crippen LogP contribution in [0.25, 0.3) is 0 Å². The second kappa shape index (κ2) is 5.07. The van der Waals surface area contributed by atoms with Gasteiger partial charge in [-0.3, -0.25) is 0 Å². The average molecular weight is 238 g/mol. The van der Waals surface area contributed by atoms with Gasteiger partial charge in [0.1, 0.15) is 16.7 Å². The number of nitriles is 1. The van der Waals surface area contributed by atoms with Gasteiger partial charge in [0.15, 0.2) is 6.61 Å². The summed E-state index contributed by atoms with van der Waals surface area (Å²) in [5.74, 6) is -0.0250. The highest BCUT2D eigenvalue weighted by Gasteiger charge is 2.18. The molecular formula is C9H6N2O4S. The molecule has 7 heteroatoms. The van der Waals surface area contributed by atoms with Gasteiger partial charge in [-0.25, -0.2) is 4.79 Å². The quantitative estimate of drug-likeness (QED) is 0.565. The second-order valence-corrected chi connectivity index (χ2v) is 4.12. The minimum Gasteiger partial charge on any atom is -0.477 e. The van der Waals surface area contributed by atoms with Gasteiger partial charge in [-0.1, -0.05) is 16.5 Å². The van der Waals surface area contributed by atoms with Gasteiger partial charge >= 0.3 is 0 Å². The Kier molecular flexibility index (Phi) is 3.78. The summed E-state index contributed by atoms with van der Waals surface area (Å²) in [5, 5.41) is 8.31. The molecular weight excluding hydrogens is 232 g/mol. The summed E-state index contributed by atoms with van der Waals surface area (Å²) in [6, 6.07) is 7.28. The molecule has 0 saturated heterocycles. The lowest BCUT2D eigenvalue weighted by molar-refractivity contribution is 0.358. The molecule has 0 unspecified atom stereocenters. The number of nitrogens with zero attached hydrogens (tertiary/aromatic N) is 2. The van der Waals surface area contributed by atoms with Crippen molar-refractivity contribution in [3.05, 3.63) is 24.3 Å². The molecule has 82 valence electrons. The van der Waals surface area contributed by atoms with Crippen LogP contribution in [0.1, 0.15) is 0 Å². The fraction of sp³-hybridized carbons (Fsp3) is 0.111. The zero-order chi connectivity index (χ0) is 12.0. The lowest BCUT2D eigenvalue weighted by Gasteiger charge is -2.05. The molecule has 0 radical (unpaired) electrons. The van der Waals surface area contributed by atoms with E-state index in [-0.39, 0.29) is 17.3 Å². The summed E-state index contributed by atoms with van der Waals surface area (Å²) in [6.07, 6.45) is 0.956. The number of carbonyl (C=O) groups excluding carboxylic acids is 1. The van der Waals surface area contributed by atoms with E-state index in [0.29, 0.717) is 0 Å². The number of rotatable bonds is 4. The van der Waals surface area contributed by atoms with Gasteiger partial charge in [0.25, 0.3) is 16.1 Å². The molecule has 0 atom stereocenters. The molecule has 0 aliphatic carbocycles. The van der Waals surface area contributed by atoms with E-state index in [1.807, 2.05) is 0 Å². The largest absolute Gasteiger partial charge is 0.477 e. The Morgan fingerprint density at radius 2 is 2.06 bits per heavy atom. The highest BCUT2D eigenvalue weighted by molar-refractivity contribution is 7.90. The van der Waals surface area contributed by atoms with Gasteiger partial charge in [-0.15, -0.1) is 0 Å². The third kappa shape index (κ3) is 2.67. The topological polar surface area (TPSA) is 96.6 Å². The van der Waals surface area contributed by atoms with E-state index < -0.39 is 10.0 Å². The second-order valence-electron chi connectivity index (χ2n) is 2.55. The molecule has 1 aromatic carbocycles. The van der Waals surface area contributed by atoms with Crippen LogP contribution in [0.3, 0.4) is 0 Å². The summed E-state index contributed by atoms with van der Waals surface area (Å²) in [7, 11) is -4.10. The minimum absolute atomic E-state index is 0.0250. The van der Waals surface area contributed by atoms with Crippen LogP contribution >= 0.6 is 0 Å². The molecule has 6 nitrogen and oxygen atoms in total. The van der Waals surface area contributed by atoms with Gasteiger partial charge in [-0.2, -0.15) is 13.7 Å². The third-order valence-electron chi connectivity index (χ3n) is 1.58. The fourth-order valence-electron chi connectivity index (χ4n) is 0.991. The van der Waals surface area contributed by atoms with Crippen LogP contribution in [-0.4, -0.2) is 21.1 Å². The highest BCUT2D eigenvalue weighted by Crippen LogP contribution is 2.24. The molecule has 0 heterocycles. The Bertz CT molecular complexity index is 567. The van der Waals surface area contributed by atoms with Crippen LogP contribution in [0.2, 0.25) is 0 Å². The third-order valence-corrected chi connectivity index (χ3v) is 2.78. The number of ether oxygens (including phenoxy) is 1. The van der Waals surface area contributed by atoms with Gasteiger partial charge in [0, 0.05) is 0 Å². The summed E-state index contributed by atoms with van der Waals surface area (Å²) in [5.41, 5.74) is 0. The molecule has 16 heavy (non-hydrogen) atoms. The molecule has 0 amide bonds. The molecule has 0 bridgehead atoms. The number of isocyanates is 1. The molecule has 0 fully saturated rings. The molecule has 1 aromatic rings. The minimum atomic E-state index is -4.10. The standard InChI is InChI=1S/C9H6N2O4S/c10-5-6-15-8-3-1-2-4-9(8)16(13,14)11-7-12/h1-4H,6H2. The Morgan fingerprint density at radius 1 is 1.38 bits per heavy atom. The van der Waals surface area contributed by atoms with Crippen LogP contribution in [0.4, 0.5) is 0 Å². The van der Waals surface area contributed by atoms with Gasteiger partial charge in [0.2, 0.25) is 0 Å². The van der Waals surface area contributed by atoms with Crippen molar-refractivity contribution in [3.63, 3.8) is 0 Å². The number of hydrogen-bond donors (Lipinski definition) is 0. The van der Waals surface area contributed by atoms with Crippen molar-refractivity contribution in [3.8, 4) is 11.8 Å². The first-order valence-corrected chi connectivity index (χ1v) is 5.49. The van der Waals surface area contributed by atoms with Crippen LogP contribution in [0.5, 0.6) is 5.75 Å². The van der Waals surface area contributed by atoms with Crippen LogP contribution in [0.15, 0.2) is 33.6 Å². The van der Waals surface area contributed by atoms with Crippen LogP contribution in [0, 0.1) is 11.3 Å². The summed E-state index contributed by atoms with van der Waals surface area (Å²) >= 11 is 0. The summed E-state index contributed by atoms with van der Waals surface area (Å²) < 4.78 is 30.4. The highest BCUT2D eigenvalue weighted by atomic mass is 32.2. The number of sulfonamides is 1. The lowest BCUT2D eigenvalue weighted by Crippen LogP contribution is -2.02. The number of hydrogen-bond acceptors (Lipinski definition) is 5. The first-order chi connectivity index (χ1) is 7.61. The van der Waals surface area contributed by atoms with E-state index >= 15 is 0 Å². The number of para-hydroxylation sites is 1. The normalized spacial score (nSPS) is 9.94. The number of benzene rings is 1. The maximum absolute atomic E-state index is 11.4. The van der Waals surface area contributed by atoms with Crippen molar-refractivity contribution in [2.75, 3.05) is 6.61 Å². The van der Waals surface area contributed by atoms with Crippen molar-refractivity contribution in [1.82, 2.24) is 0 Å². The predicted octanol–water partition coefficient (Wildman–Crippen LogP) is 0.613. The lowest BCUT2D eigenvalue weighted by atomic mass is 10.3. The maximum Gasteiger partial charge on any atom is 0.296 e. The van der Waals surface area contributed by atoms with Gasteiger partial charge in [-0.05, 0) is 12.1 Å². The fourth-order valence-corrected chi connectivity index (χ4v) is 1.82. The van der Waals surface area contributed by atoms with Gasteiger partial charge < -0.3 is 4.74 Å². The van der Waals surface area contributed by atoms with Crippen molar-refractivity contribution < 1.29 is 17.9 Å². The van der Waals surface area contributed by atoms with E-state index in [0.717, 1.165) is 6.08 Å². The summed E-state index contributed by atoms with van der Waals surface area (Å²) in [6.45, 7) is -0.294. The van der Waals surface area contributed by atoms with E-state index in [1.165, 1.54) is 24.3 Å².